The third-order valence-corrected chi connectivity index (χ3v) is 3.57. The Morgan fingerprint density at radius 1 is 0.958 bits per heavy atom. The van der Waals surface area contributed by atoms with Crippen LogP contribution in [-0.2, 0) is 17.9 Å². The molecule has 0 saturated carbocycles. The molecule has 24 heavy (non-hydrogen) atoms. The second-order valence-electron chi connectivity index (χ2n) is 5.42. The van der Waals surface area contributed by atoms with Gasteiger partial charge in [-0.15, -0.1) is 0 Å². The van der Waals surface area contributed by atoms with E-state index in [0.29, 0.717) is 18.1 Å². The van der Waals surface area contributed by atoms with Gasteiger partial charge in [-0.1, -0.05) is 18.2 Å². The van der Waals surface area contributed by atoms with Gasteiger partial charge in [-0.05, 0) is 48.4 Å². The molecule has 0 spiro atoms. The van der Waals surface area contributed by atoms with E-state index in [1.54, 1.807) is 26.4 Å². The summed E-state index contributed by atoms with van der Waals surface area (Å²) in [5.74, 6) is 1.11. The number of halogens is 1. The fourth-order valence-electron chi connectivity index (χ4n) is 2.26. The molecule has 5 heteroatoms. The van der Waals surface area contributed by atoms with Gasteiger partial charge in [0.1, 0.15) is 12.4 Å². The van der Waals surface area contributed by atoms with E-state index >= 15 is 0 Å². The molecule has 130 valence electrons. The highest BCUT2D eigenvalue weighted by molar-refractivity contribution is 5.43. The molecular weight excluding hydrogens is 309 g/mol. The van der Waals surface area contributed by atoms with Crippen molar-refractivity contribution >= 4 is 0 Å². The maximum atomic E-state index is 12.9. The summed E-state index contributed by atoms with van der Waals surface area (Å²) in [4.78, 5) is 0. The number of methoxy groups -OCH3 is 2. The first-order valence-electron chi connectivity index (χ1n) is 7.96. The Labute approximate surface area is 142 Å². The second kappa shape index (κ2) is 9.90. The first-order valence-corrected chi connectivity index (χ1v) is 7.96. The number of rotatable bonds is 10. The molecule has 0 amide bonds. The maximum absolute atomic E-state index is 12.9. The van der Waals surface area contributed by atoms with Crippen LogP contribution in [0.2, 0.25) is 0 Å². The summed E-state index contributed by atoms with van der Waals surface area (Å²) in [6, 6.07) is 12.1. The number of ether oxygens (including phenoxy) is 3. The zero-order valence-corrected chi connectivity index (χ0v) is 14.2. The van der Waals surface area contributed by atoms with Crippen molar-refractivity contribution in [3.8, 4) is 11.5 Å². The molecule has 0 saturated heterocycles. The summed E-state index contributed by atoms with van der Waals surface area (Å²) in [7, 11) is 3.32. The fourth-order valence-corrected chi connectivity index (χ4v) is 2.26. The predicted molar refractivity (Wildman–Crippen MR) is 91.9 cm³/mol. The lowest BCUT2D eigenvalue weighted by Gasteiger charge is -2.13. The van der Waals surface area contributed by atoms with Gasteiger partial charge in [0.15, 0.2) is 11.5 Å². The average Bonchev–Trinajstić information content (AvgIpc) is 2.61. The molecule has 1 N–H and O–H groups in total. The summed E-state index contributed by atoms with van der Waals surface area (Å²) in [5, 5.41) is 3.36. The lowest BCUT2D eigenvalue weighted by molar-refractivity contribution is 0.194. The Balaban J connectivity index is 1.89. The molecule has 2 aromatic carbocycles. The van der Waals surface area contributed by atoms with Crippen LogP contribution in [0.5, 0.6) is 11.5 Å². The van der Waals surface area contributed by atoms with Crippen LogP contribution in [0.1, 0.15) is 17.5 Å². The van der Waals surface area contributed by atoms with Crippen LogP contribution >= 0.6 is 0 Å². The fraction of sp³-hybridized carbons (Fsp3) is 0.368. The minimum Gasteiger partial charge on any atom is -0.493 e. The Hall–Kier alpha value is -2.11. The minimum absolute atomic E-state index is 0.251. The number of benzene rings is 2. The summed E-state index contributed by atoms with van der Waals surface area (Å²) < 4.78 is 29.1. The lowest BCUT2D eigenvalue weighted by Crippen LogP contribution is -2.16. The van der Waals surface area contributed by atoms with Crippen LogP contribution in [0.3, 0.4) is 0 Å². The molecule has 0 aliphatic carbocycles. The van der Waals surface area contributed by atoms with Gasteiger partial charge >= 0.3 is 0 Å². The van der Waals surface area contributed by atoms with Crippen molar-refractivity contribution < 1.29 is 18.6 Å². The molecule has 2 aromatic rings. The van der Waals surface area contributed by atoms with E-state index in [-0.39, 0.29) is 5.82 Å². The molecule has 0 aromatic heterocycles. The molecule has 2 rings (SSSR count). The molecule has 0 atom stereocenters. The Morgan fingerprint density at radius 2 is 1.71 bits per heavy atom. The van der Waals surface area contributed by atoms with Crippen LogP contribution in [-0.4, -0.2) is 27.4 Å². The van der Waals surface area contributed by atoms with E-state index < -0.39 is 0 Å². The van der Waals surface area contributed by atoms with Gasteiger partial charge in [0.2, 0.25) is 0 Å². The molecule has 0 unspecified atom stereocenters. The van der Waals surface area contributed by atoms with Crippen LogP contribution in [0, 0.1) is 5.82 Å². The van der Waals surface area contributed by atoms with Gasteiger partial charge in [-0.2, -0.15) is 0 Å². The highest BCUT2D eigenvalue weighted by atomic mass is 19.1. The van der Waals surface area contributed by atoms with E-state index in [1.807, 2.05) is 18.2 Å². The van der Waals surface area contributed by atoms with Crippen molar-refractivity contribution in [2.45, 2.75) is 19.6 Å². The van der Waals surface area contributed by atoms with Gasteiger partial charge in [0.25, 0.3) is 0 Å². The van der Waals surface area contributed by atoms with E-state index in [0.717, 1.165) is 37.2 Å². The van der Waals surface area contributed by atoms with E-state index in [2.05, 4.69) is 5.32 Å². The van der Waals surface area contributed by atoms with Gasteiger partial charge in [0, 0.05) is 20.3 Å². The van der Waals surface area contributed by atoms with Gasteiger partial charge < -0.3 is 19.5 Å². The first kappa shape index (κ1) is 18.2. The second-order valence-corrected chi connectivity index (χ2v) is 5.42. The van der Waals surface area contributed by atoms with Crippen molar-refractivity contribution in [2.24, 2.45) is 0 Å². The highest BCUT2D eigenvalue weighted by Gasteiger charge is 2.06. The maximum Gasteiger partial charge on any atom is 0.161 e. The monoisotopic (exact) mass is 333 g/mol. The Kier molecular flexibility index (Phi) is 7.52. The lowest BCUT2D eigenvalue weighted by atomic mass is 10.2. The highest BCUT2D eigenvalue weighted by Crippen LogP contribution is 2.28. The Bertz CT molecular complexity index is 617. The largest absolute Gasteiger partial charge is 0.493 e. The summed E-state index contributed by atoms with van der Waals surface area (Å²) in [6.07, 6.45) is 0.979. The molecule has 4 nitrogen and oxygen atoms in total. The third kappa shape index (κ3) is 5.83. The van der Waals surface area contributed by atoms with Crippen LogP contribution in [0.15, 0.2) is 42.5 Å². The van der Waals surface area contributed by atoms with Crippen molar-refractivity contribution in [2.75, 3.05) is 27.4 Å². The quantitative estimate of drug-likeness (QED) is 0.675. The van der Waals surface area contributed by atoms with E-state index in [9.17, 15) is 4.39 Å². The predicted octanol–water partition coefficient (Wildman–Crippen LogP) is 3.54. The third-order valence-electron chi connectivity index (χ3n) is 3.57. The Morgan fingerprint density at radius 3 is 2.42 bits per heavy atom. The SMILES string of the molecule is COCCCNCc1ccc(OCc2ccc(F)cc2)c(OC)c1. The van der Waals surface area contributed by atoms with Crippen molar-refractivity contribution in [3.63, 3.8) is 0 Å². The van der Waals surface area contributed by atoms with Gasteiger partial charge in [0.05, 0.1) is 7.11 Å². The standard InChI is InChI=1S/C19H24FNO3/c1-22-11-3-10-21-13-16-6-9-18(19(12-16)23-2)24-14-15-4-7-17(20)8-5-15/h4-9,12,21H,3,10-11,13-14H2,1-2H3. The number of nitrogens with one attached hydrogen (secondary N) is 1. The molecule has 0 bridgehead atoms. The molecule has 0 heterocycles. The van der Waals surface area contributed by atoms with Crippen molar-refractivity contribution in [1.29, 1.82) is 0 Å². The zero-order valence-electron chi connectivity index (χ0n) is 14.2. The zero-order chi connectivity index (χ0) is 17.2. The topological polar surface area (TPSA) is 39.7 Å². The van der Waals surface area contributed by atoms with Crippen molar-refractivity contribution in [3.05, 3.63) is 59.4 Å². The summed E-state index contributed by atoms with van der Waals surface area (Å²) in [5.41, 5.74) is 2.03. The molecular formula is C19H24FNO3. The van der Waals surface area contributed by atoms with Crippen LogP contribution in [0.4, 0.5) is 4.39 Å². The first-order chi connectivity index (χ1) is 11.7. The van der Waals surface area contributed by atoms with E-state index in [4.69, 9.17) is 14.2 Å². The number of hydrogen-bond donors (Lipinski definition) is 1. The summed E-state index contributed by atoms with van der Waals surface area (Å²) in [6.45, 7) is 2.79. The average molecular weight is 333 g/mol. The van der Waals surface area contributed by atoms with Crippen LogP contribution in [0.25, 0.3) is 0 Å². The smallest absolute Gasteiger partial charge is 0.161 e. The molecule has 0 radical (unpaired) electrons. The normalized spacial score (nSPS) is 10.6. The number of hydrogen-bond acceptors (Lipinski definition) is 4. The molecule has 0 fully saturated rings. The van der Waals surface area contributed by atoms with Crippen molar-refractivity contribution in [1.82, 2.24) is 5.32 Å². The molecule has 0 aliphatic rings. The van der Waals surface area contributed by atoms with Crippen LogP contribution < -0.4 is 14.8 Å². The van der Waals surface area contributed by atoms with Gasteiger partial charge in [-0.25, -0.2) is 4.39 Å². The summed E-state index contributed by atoms with van der Waals surface area (Å²) >= 11 is 0. The minimum atomic E-state index is -0.251. The van der Waals surface area contributed by atoms with E-state index in [1.165, 1.54) is 12.1 Å². The van der Waals surface area contributed by atoms with Gasteiger partial charge in [-0.3, -0.25) is 0 Å². The molecule has 0 aliphatic heterocycles.